The van der Waals surface area contributed by atoms with Crippen LogP contribution in [0, 0.1) is 6.92 Å². The third-order valence-corrected chi connectivity index (χ3v) is 5.72. The third-order valence-electron chi connectivity index (χ3n) is 4.45. The highest BCUT2D eigenvalue weighted by molar-refractivity contribution is 7.87. The van der Waals surface area contributed by atoms with Crippen molar-refractivity contribution in [1.82, 2.24) is 0 Å². The minimum atomic E-state index is -3.97. The second-order valence-corrected chi connectivity index (χ2v) is 8.22. The lowest BCUT2D eigenvalue weighted by Gasteiger charge is -2.14. The normalized spacial score (nSPS) is 11.1. The molecule has 29 heavy (non-hydrogen) atoms. The van der Waals surface area contributed by atoms with Crippen molar-refractivity contribution in [2.75, 3.05) is 5.32 Å². The molecule has 0 heterocycles. The van der Waals surface area contributed by atoms with Crippen molar-refractivity contribution in [2.45, 2.75) is 31.7 Å². The lowest BCUT2D eigenvalue weighted by Crippen LogP contribution is -2.11. The Bertz CT molecular complexity index is 1090. The zero-order valence-electron chi connectivity index (χ0n) is 16.4. The summed E-state index contributed by atoms with van der Waals surface area (Å²) in [4.78, 5) is 12.4. The summed E-state index contributed by atoms with van der Waals surface area (Å²) in [6.07, 6.45) is 0.349. The van der Waals surface area contributed by atoms with Gasteiger partial charge in [0.25, 0.3) is 0 Å². The summed E-state index contributed by atoms with van der Waals surface area (Å²) in [5.41, 5.74) is 3.04. The molecule has 1 N–H and O–H groups in total. The van der Waals surface area contributed by atoms with Crippen molar-refractivity contribution in [1.29, 1.82) is 0 Å². The number of benzene rings is 3. The van der Waals surface area contributed by atoms with E-state index in [-0.39, 0.29) is 16.4 Å². The molecule has 0 unspecified atom stereocenters. The van der Waals surface area contributed by atoms with Crippen molar-refractivity contribution in [3.63, 3.8) is 0 Å². The summed E-state index contributed by atoms with van der Waals surface area (Å²) in [7, 11) is -3.97. The van der Waals surface area contributed by atoms with Gasteiger partial charge in [0.2, 0.25) is 0 Å². The van der Waals surface area contributed by atoms with Crippen LogP contribution in [0.5, 0.6) is 5.75 Å². The number of anilines is 1. The van der Waals surface area contributed by atoms with Gasteiger partial charge >= 0.3 is 10.1 Å². The van der Waals surface area contributed by atoms with E-state index in [2.05, 4.69) is 5.32 Å². The molecule has 0 radical (unpaired) electrons. The highest BCUT2D eigenvalue weighted by Crippen LogP contribution is 2.27. The van der Waals surface area contributed by atoms with Crippen LogP contribution < -0.4 is 9.50 Å². The number of nitrogens with one attached hydrogen (secondary N) is 1. The maximum atomic E-state index is 12.6. The number of hydrogen-bond acceptors (Lipinski definition) is 5. The molecular formula is C23H23NO4S. The molecule has 0 saturated heterocycles. The van der Waals surface area contributed by atoms with Crippen molar-refractivity contribution < 1.29 is 17.4 Å². The summed E-state index contributed by atoms with van der Waals surface area (Å²) < 4.78 is 30.4. The van der Waals surface area contributed by atoms with E-state index in [4.69, 9.17) is 4.18 Å². The van der Waals surface area contributed by atoms with Crippen molar-refractivity contribution >= 4 is 21.6 Å². The predicted molar refractivity (Wildman–Crippen MR) is 114 cm³/mol. The Balaban J connectivity index is 1.87. The molecule has 3 aromatic rings. The standard InChI is InChI=1S/C23H23NO4S/c1-3-23(25)21-14-11-19(15-22(21)24-16-18-7-5-4-6-8-18)28-29(26,27)20-12-9-17(2)10-13-20/h4-15,24H,3,16H2,1-2H3. The van der Waals surface area contributed by atoms with E-state index < -0.39 is 10.1 Å². The smallest absolute Gasteiger partial charge is 0.339 e. The number of carbonyl (C=O) groups is 1. The largest absolute Gasteiger partial charge is 0.380 e. The molecule has 0 aliphatic heterocycles. The number of carbonyl (C=O) groups excluding carboxylic acids is 1. The van der Waals surface area contributed by atoms with E-state index in [0.717, 1.165) is 11.1 Å². The quantitative estimate of drug-likeness (QED) is 0.420. The van der Waals surface area contributed by atoms with Crippen molar-refractivity contribution in [3.8, 4) is 5.75 Å². The summed E-state index contributed by atoms with van der Waals surface area (Å²) in [5.74, 6) is 0.113. The molecule has 3 rings (SSSR count). The minimum Gasteiger partial charge on any atom is -0.380 e. The fourth-order valence-corrected chi connectivity index (χ4v) is 3.75. The predicted octanol–water partition coefficient (Wildman–Crippen LogP) is 4.97. The fraction of sp³-hybridized carbons (Fsp3) is 0.174. The molecule has 3 aromatic carbocycles. The van der Waals surface area contributed by atoms with Gasteiger partial charge in [0, 0.05) is 30.3 Å². The van der Waals surface area contributed by atoms with E-state index in [0.29, 0.717) is 24.2 Å². The molecule has 0 aromatic heterocycles. The lowest BCUT2D eigenvalue weighted by atomic mass is 10.1. The first kappa shape index (κ1) is 20.6. The van der Waals surface area contributed by atoms with Crippen LogP contribution in [0.25, 0.3) is 0 Å². The van der Waals surface area contributed by atoms with Gasteiger partial charge in [-0.05, 0) is 36.8 Å². The van der Waals surface area contributed by atoms with Crippen LogP contribution in [-0.4, -0.2) is 14.2 Å². The monoisotopic (exact) mass is 409 g/mol. The number of Topliss-reactive ketones (excluding diaryl/α,β-unsaturated/α-hetero) is 1. The molecule has 150 valence electrons. The van der Waals surface area contributed by atoms with Gasteiger partial charge in [-0.15, -0.1) is 0 Å². The summed E-state index contributed by atoms with van der Waals surface area (Å²) in [6, 6.07) is 20.8. The van der Waals surface area contributed by atoms with Crippen LogP contribution in [0.2, 0.25) is 0 Å². The SMILES string of the molecule is CCC(=O)c1ccc(OS(=O)(=O)c2ccc(C)cc2)cc1NCc1ccccc1. The molecule has 6 heteroatoms. The fourth-order valence-electron chi connectivity index (χ4n) is 2.83. The highest BCUT2D eigenvalue weighted by Gasteiger charge is 2.18. The number of rotatable bonds is 8. The Hall–Kier alpha value is -3.12. The van der Waals surface area contributed by atoms with E-state index in [9.17, 15) is 13.2 Å². The number of ketones is 1. The van der Waals surface area contributed by atoms with Gasteiger partial charge in [-0.25, -0.2) is 0 Å². The molecule has 0 aliphatic rings. The molecule has 0 aliphatic carbocycles. The van der Waals surface area contributed by atoms with Gasteiger partial charge in [0.05, 0.1) is 0 Å². The van der Waals surface area contributed by atoms with Crippen LogP contribution in [-0.2, 0) is 16.7 Å². The summed E-state index contributed by atoms with van der Waals surface area (Å²) >= 11 is 0. The van der Waals surface area contributed by atoms with Crippen LogP contribution in [0.4, 0.5) is 5.69 Å². The zero-order chi connectivity index (χ0) is 20.9. The van der Waals surface area contributed by atoms with Gasteiger partial charge in [-0.1, -0.05) is 55.0 Å². The highest BCUT2D eigenvalue weighted by atomic mass is 32.2. The molecule has 0 fully saturated rings. The van der Waals surface area contributed by atoms with E-state index >= 15 is 0 Å². The Morgan fingerprint density at radius 1 is 0.966 bits per heavy atom. The maximum absolute atomic E-state index is 12.6. The van der Waals surface area contributed by atoms with Crippen LogP contribution in [0.15, 0.2) is 77.7 Å². The Morgan fingerprint density at radius 3 is 2.31 bits per heavy atom. The molecule has 0 amide bonds. The topological polar surface area (TPSA) is 72.5 Å². The van der Waals surface area contributed by atoms with Gasteiger partial charge in [-0.2, -0.15) is 8.42 Å². The van der Waals surface area contributed by atoms with E-state index in [1.54, 1.807) is 31.2 Å². The Kier molecular flexibility index (Phi) is 6.34. The van der Waals surface area contributed by atoms with Crippen LogP contribution >= 0.6 is 0 Å². The van der Waals surface area contributed by atoms with Gasteiger partial charge in [0.1, 0.15) is 10.6 Å². The molecule has 0 spiro atoms. The van der Waals surface area contributed by atoms with E-state index in [1.165, 1.54) is 18.2 Å². The first-order valence-corrected chi connectivity index (χ1v) is 10.8. The van der Waals surface area contributed by atoms with Gasteiger partial charge in [-0.3, -0.25) is 4.79 Å². The third kappa shape index (κ3) is 5.23. The number of hydrogen-bond donors (Lipinski definition) is 1. The molecule has 0 bridgehead atoms. The second kappa shape index (κ2) is 8.92. The zero-order valence-corrected chi connectivity index (χ0v) is 17.2. The summed E-state index contributed by atoms with van der Waals surface area (Å²) in [6.45, 7) is 4.17. The molecule has 0 atom stereocenters. The Labute approximate surface area is 171 Å². The maximum Gasteiger partial charge on any atom is 0.339 e. The van der Waals surface area contributed by atoms with Gasteiger partial charge in [0.15, 0.2) is 5.78 Å². The van der Waals surface area contributed by atoms with Crippen molar-refractivity contribution in [3.05, 3.63) is 89.5 Å². The molecular weight excluding hydrogens is 386 g/mol. The first-order chi connectivity index (χ1) is 13.9. The minimum absolute atomic E-state index is 0.0338. The first-order valence-electron chi connectivity index (χ1n) is 9.35. The molecule has 5 nitrogen and oxygen atoms in total. The summed E-state index contributed by atoms with van der Waals surface area (Å²) in [5, 5.41) is 3.22. The average Bonchev–Trinajstić information content (AvgIpc) is 2.72. The van der Waals surface area contributed by atoms with Gasteiger partial charge < -0.3 is 9.50 Å². The average molecular weight is 410 g/mol. The number of aryl methyl sites for hydroxylation is 1. The van der Waals surface area contributed by atoms with Crippen molar-refractivity contribution in [2.24, 2.45) is 0 Å². The van der Waals surface area contributed by atoms with Crippen LogP contribution in [0.3, 0.4) is 0 Å². The second-order valence-electron chi connectivity index (χ2n) is 6.67. The van der Waals surface area contributed by atoms with E-state index in [1.807, 2.05) is 37.3 Å². The lowest BCUT2D eigenvalue weighted by molar-refractivity contribution is 0.0989. The van der Waals surface area contributed by atoms with Crippen LogP contribution in [0.1, 0.15) is 34.8 Å². The Morgan fingerprint density at radius 2 is 1.66 bits per heavy atom. The molecule has 0 saturated carbocycles.